The minimum absolute atomic E-state index is 0.162. The summed E-state index contributed by atoms with van der Waals surface area (Å²) in [5.74, 6) is 0. The lowest BCUT2D eigenvalue weighted by Gasteiger charge is -2.54. The molecule has 1 atom stereocenters. The highest BCUT2D eigenvalue weighted by Gasteiger charge is 2.68. The van der Waals surface area contributed by atoms with E-state index in [-0.39, 0.29) is 16.9 Å². The molecule has 0 radical (unpaired) electrons. The fourth-order valence-electron chi connectivity index (χ4n) is 6.60. The lowest BCUT2D eigenvalue weighted by Crippen LogP contribution is -2.82. The summed E-state index contributed by atoms with van der Waals surface area (Å²) >= 11 is 0. The summed E-state index contributed by atoms with van der Waals surface area (Å²) in [6.07, 6.45) is 0. The minimum Gasteiger partial charge on any atom is -0.363 e. The summed E-state index contributed by atoms with van der Waals surface area (Å²) < 4.78 is 8.92. The molecule has 2 aliphatic heterocycles. The van der Waals surface area contributed by atoms with Gasteiger partial charge in [0.15, 0.2) is 0 Å². The van der Waals surface area contributed by atoms with Gasteiger partial charge >= 0.3 is 8.56 Å². The van der Waals surface area contributed by atoms with Crippen molar-refractivity contribution in [2.45, 2.75) is 67.2 Å². The molecule has 1 unspecified atom stereocenters. The number of benzene rings is 3. The molecule has 0 saturated heterocycles. The molecule has 196 valence electrons. The maximum atomic E-state index is 3.09. The molecule has 2 heterocycles. The van der Waals surface area contributed by atoms with Crippen LogP contribution in [0.5, 0.6) is 0 Å². The molecule has 0 fully saturated rings. The average molecular weight is 528 g/mol. The molecule has 0 N–H and O–H groups in total. The van der Waals surface area contributed by atoms with Crippen molar-refractivity contribution >= 4 is 33.4 Å². The molecule has 37 heavy (non-hydrogen) atoms. The van der Waals surface area contributed by atoms with Gasteiger partial charge in [0.1, 0.15) is 8.24 Å². The van der Waals surface area contributed by atoms with Crippen LogP contribution >= 0.6 is 0 Å². The van der Waals surface area contributed by atoms with E-state index in [1.165, 1.54) is 22.5 Å². The maximum Gasteiger partial charge on any atom is 0.378 e. The maximum absolute atomic E-state index is 3.09. The third kappa shape index (κ3) is 4.39. The Hall–Kier alpha value is -2.35. The number of fused-ring (bicyclic) bond motifs is 3. The van der Waals surface area contributed by atoms with Crippen LogP contribution in [0.25, 0.3) is 0 Å². The highest BCUT2D eigenvalue weighted by molar-refractivity contribution is 7.05. The number of rotatable bonds is 4. The Morgan fingerprint density at radius 2 is 1.11 bits per heavy atom. The molecule has 1 spiro atoms. The Balaban J connectivity index is 1.90. The topological polar surface area (TPSA) is 9.72 Å². The van der Waals surface area contributed by atoms with Gasteiger partial charge in [-0.25, -0.2) is 0 Å². The van der Waals surface area contributed by atoms with Gasteiger partial charge in [-0.05, 0) is 34.1 Å². The molecule has 0 saturated carbocycles. The van der Waals surface area contributed by atoms with Gasteiger partial charge in [0.2, 0.25) is 0 Å². The Morgan fingerprint density at radius 1 is 0.649 bits per heavy atom. The van der Waals surface area contributed by atoms with Crippen LogP contribution in [0.1, 0.15) is 58.7 Å². The molecular weight excluding hydrogens is 483 g/mol. The quantitative estimate of drug-likeness (QED) is 0.325. The van der Waals surface area contributed by atoms with Gasteiger partial charge in [-0.2, -0.15) is 0 Å². The lowest BCUT2D eigenvalue weighted by molar-refractivity contribution is 0.411. The third-order valence-electron chi connectivity index (χ3n) is 7.53. The van der Waals surface area contributed by atoms with Gasteiger partial charge < -0.3 is 9.13 Å². The van der Waals surface area contributed by atoms with Crippen molar-refractivity contribution in [2.75, 3.05) is 22.2 Å². The van der Waals surface area contributed by atoms with Gasteiger partial charge in [-0.15, -0.1) is 0 Å². The number of para-hydroxylation sites is 2. The Kier molecular flexibility index (Phi) is 6.29. The molecule has 5 heteroatoms. The van der Waals surface area contributed by atoms with Gasteiger partial charge in [0.25, 0.3) is 0 Å². The van der Waals surface area contributed by atoms with Crippen LogP contribution in [-0.4, -0.2) is 34.1 Å². The second-order valence-corrected chi connectivity index (χ2v) is 23.0. The zero-order chi connectivity index (χ0) is 26.8. The van der Waals surface area contributed by atoms with E-state index in [9.17, 15) is 0 Å². The number of hydrogen-bond acceptors (Lipinski definition) is 3. The Morgan fingerprint density at radius 3 is 1.59 bits per heavy atom. The van der Waals surface area contributed by atoms with Crippen molar-refractivity contribution in [3.8, 4) is 0 Å². The summed E-state index contributed by atoms with van der Waals surface area (Å²) in [6.45, 7) is 24.2. The van der Waals surface area contributed by atoms with Crippen molar-refractivity contribution in [3.63, 3.8) is 0 Å². The largest absolute Gasteiger partial charge is 0.378 e. The molecule has 0 aromatic heterocycles. The van der Waals surface area contributed by atoms with Crippen molar-refractivity contribution in [2.24, 2.45) is 10.8 Å². The highest BCUT2D eigenvalue weighted by atomic mass is 28.4. The van der Waals surface area contributed by atoms with E-state index in [0.717, 1.165) is 13.1 Å². The van der Waals surface area contributed by atoms with Crippen molar-refractivity contribution in [3.05, 3.63) is 90.0 Å². The van der Waals surface area contributed by atoms with Crippen LogP contribution in [0, 0.1) is 10.8 Å². The first-order chi connectivity index (χ1) is 17.2. The first-order valence-electron chi connectivity index (χ1n) is 13.8. The fourth-order valence-corrected chi connectivity index (χ4v) is 18.2. The average Bonchev–Trinajstić information content (AvgIpc) is 3.25. The predicted octanol–water partition coefficient (Wildman–Crippen LogP) is 7.49. The van der Waals surface area contributed by atoms with Crippen LogP contribution in [0.4, 0.5) is 11.4 Å². The van der Waals surface area contributed by atoms with Gasteiger partial charge in [-0.3, -0.25) is 4.23 Å². The van der Waals surface area contributed by atoms with Gasteiger partial charge in [-0.1, -0.05) is 128 Å². The van der Waals surface area contributed by atoms with Crippen molar-refractivity contribution in [1.82, 2.24) is 4.23 Å². The van der Waals surface area contributed by atoms with Gasteiger partial charge in [0.05, 0.1) is 17.4 Å². The van der Waals surface area contributed by atoms with E-state index in [1.54, 1.807) is 5.19 Å². The van der Waals surface area contributed by atoms with E-state index in [1.807, 2.05) is 0 Å². The fraction of sp³-hybridized carbons (Fsp3) is 0.438. The number of hydrogen-bond donors (Lipinski definition) is 0. The molecule has 3 nitrogen and oxygen atoms in total. The second kappa shape index (κ2) is 8.86. The zero-order valence-electron chi connectivity index (χ0n) is 24.3. The molecule has 0 bridgehead atoms. The standard InChI is InChI=1S/C32H45N3Si2/c1-31(2,3)23-33-27-20-14-15-21-28(27)34(24-32(4,5)6)37(33)29-22-16-13-19-26(29)30(35(37)36(7,8)9)25-17-11-10-12-18-25/h10-22,30H,23-24H2,1-9H3. The van der Waals surface area contributed by atoms with Crippen molar-refractivity contribution in [1.29, 1.82) is 0 Å². The van der Waals surface area contributed by atoms with Crippen LogP contribution in [-0.2, 0) is 0 Å². The van der Waals surface area contributed by atoms with E-state index in [4.69, 9.17) is 0 Å². The Labute approximate surface area is 227 Å². The zero-order valence-corrected chi connectivity index (χ0v) is 26.3. The lowest BCUT2D eigenvalue weighted by atomic mass is 9.96. The summed E-state index contributed by atoms with van der Waals surface area (Å²) in [4.78, 5) is 0. The molecular formula is C32H45N3Si2. The molecule has 2 aliphatic rings. The predicted molar refractivity (Wildman–Crippen MR) is 165 cm³/mol. The summed E-state index contributed by atoms with van der Waals surface area (Å²) in [5.41, 5.74) is 6.09. The van der Waals surface area contributed by atoms with E-state index < -0.39 is 16.8 Å². The van der Waals surface area contributed by atoms with Crippen LogP contribution in [0.2, 0.25) is 19.6 Å². The second-order valence-electron chi connectivity index (χ2n) is 14.4. The normalized spacial score (nSPS) is 19.4. The Bertz CT molecular complexity index is 1220. The number of nitrogens with zero attached hydrogens (tertiary/aromatic N) is 3. The molecule has 3 aromatic rings. The highest BCUT2D eigenvalue weighted by Crippen LogP contribution is 2.53. The third-order valence-corrected chi connectivity index (χ3v) is 16.6. The molecule has 0 aliphatic carbocycles. The summed E-state index contributed by atoms with van der Waals surface area (Å²) in [7, 11) is -4.49. The minimum atomic E-state index is -2.62. The first kappa shape index (κ1) is 26.3. The number of anilines is 2. The monoisotopic (exact) mass is 527 g/mol. The smallest absolute Gasteiger partial charge is 0.363 e. The summed E-state index contributed by atoms with van der Waals surface area (Å²) in [6, 6.07) is 30.3. The van der Waals surface area contributed by atoms with E-state index >= 15 is 0 Å². The van der Waals surface area contributed by atoms with E-state index in [2.05, 4.69) is 153 Å². The molecule has 3 aromatic carbocycles. The summed E-state index contributed by atoms with van der Waals surface area (Å²) in [5, 5.41) is 1.58. The molecule has 5 rings (SSSR count). The van der Waals surface area contributed by atoms with Crippen LogP contribution in [0.3, 0.4) is 0 Å². The SMILES string of the molecule is CC(C)(C)CN1c2ccccc2N(CC(C)(C)C)[Si]12c1ccccc1C(c1ccccc1)N2[Si](C)(C)C. The molecule has 0 amide bonds. The van der Waals surface area contributed by atoms with Crippen LogP contribution in [0.15, 0.2) is 78.9 Å². The van der Waals surface area contributed by atoms with Crippen LogP contribution < -0.4 is 14.3 Å². The first-order valence-corrected chi connectivity index (χ1v) is 19.1. The van der Waals surface area contributed by atoms with Gasteiger partial charge in [0, 0.05) is 18.3 Å². The van der Waals surface area contributed by atoms with E-state index in [0.29, 0.717) is 0 Å². The van der Waals surface area contributed by atoms with Crippen molar-refractivity contribution < 1.29 is 0 Å².